The van der Waals surface area contributed by atoms with Crippen LogP contribution < -0.4 is 5.32 Å². The largest absolute Gasteiger partial charge is 0.469 e. The molecule has 6 heteroatoms. The summed E-state index contributed by atoms with van der Waals surface area (Å²) in [6.07, 6.45) is 4.56. The zero-order valence-corrected chi connectivity index (χ0v) is 20.8. The Hall–Kier alpha value is -2.60. The summed E-state index contributed by atoms with van der Waals surface area (Å²) in [4.78, 5) is 19.4. The molecule has 1 unspecified atom stereocenters. The summed E-state index contributed by atoms with van der Waals surface area (Å²) in [5, 5.41) is 4.31. The number of benzene rings is 1. The lowest BCUT2D eigenvalue weighted by atomic mass is 9.50. The van der Waals surface area contributed by atoms with E-state index in [4.69, 9.17) is 14.1 Å². The van der Waals surface area contributed by atoms with Gasteiger partial charge < -0.3 is 14.5 Å². The van der Waals surface area contributed by atoms with Crippen molar-refractivity contribution in [3.05, 3.63) is 58.4 Å². The lowest BCUT2D eigenvalue weighted by Gasteiger charge is -2.53. The van der Waals surface area contributed by atoms with E-state index in [1.54, 1.807) is 17.6 Å². The first-order valence-corrected chi connectivity index (χ1v) is 12.6. The minimum absolute atomic E-state index is 0.0234. The fourth-order valence-electron chi connectivity index (χ4n) is 6.12. The van der Waals surface area contributed by atoms with Gasteiger partial charge in [0, 0.05) is 21.8 Å². The predicted molar refractivity (Wildman–Crippen MR) is 132 cm³/mol. The maximum Gasteiger partial charge on any atom is 0.312 e. The van der Waals surface area contributed by atoms with Gasteiger partial charge in [-0.15, -0.1) is 11.3 Å². The van der Waals surface area contributed by atoms with Crippen LogP contribution in [0.25, 0.3) is 11.3 Å². The first kappa shape index (κ1) is 22.2. The molecule has 2 aliphatic carbocycles. The molecule has 1 fully saturated rings. The molecule has 3 aromatic rings. The quantitative estimate of drug-likeness (QED) is 0.418. The number of furan rings is 1. The van der Waals surface area contributed by atoms with Gasteiger partial charge in [-0.25, -0.2) is 4.98 Å². The first-order chi connectivity index (χ1) is 15.8. The van der Waals surface area contributed by atoms with E-state index in [0.717, 1.165) is 35.8 Å². The molecule has 2 aromatic heterocycles. The van der Waals surface area contributed by atoms with E-state index < -0.39 is 5.41 Å². The maximum absolute atomic E-state index is 13.2. The van der Waals surface area contributed by atoms with Gasteiger partial charge in [-0.2, -0.15) is 0 Å². The molecule has 5 nitrogen and oxygen atoms in total. The number of fused-ring (bicyclic) bond motifs is 6. The number of methoxy groups -OCH3 is 1. The average molecular weight is 465 g/mol. The Morgan fingerprint density at radius 1 is 1.30 bits per heavy atom. The Labute approximate surface area is 199 Å². The summed E-state index contributed by atoms with van der Waals surface area (Å²) in [7, 11) is 1.51. The van der Waals surface area contributed by atoms with Crippen molar-refractivity contribution in [1.29, 1.82) is 0 Å². The molecule has 33 heavy (non-hydrogen) atoms. The van der Waals surface area contributed by atoms with Crippen molar-refractivity contribution in [1.82, 2.24) is 4.98 Å². The molecule has 2 heterocycles. The van der Waals surface area contributed by atoms with Crippen molar-refractivity contribution in [3.63, 3.8) is 0 Å². The van der Waals surface area contributed by atoms with Gasteiger partial charge >= 0.3 is 5.97 Å². The number of hydrogen-bond acceptors (Lipinski definition) is 6. The van der Waals surface area contributed by atoms with Gasteiger partial charge in [-0.1, -0.05) is 39.3 Å². The van der Waals surface area contributed by atoms with E-state index in [1.807, 2.05) is 12.1 Å². The van der Waals surface area contributed by atoms with Crippen molar-refractivity contribution in [2.75, 3.05) is 12.4 Å². The van der Waals surface area contributed by atoms with Gasteiger partial charge in [0.05, 0.1) is 31.0 Å². The third kappa shape index (κ3) is 3.41. The van der Waals surface area contributed by atoms with E-state index in [0.29, 0.717) is 12.5 Å². The summed E-state index contributed by atoms with van der Waals surface area (Å²) in [6, 6.07) is 10.7. The van der Waals surface area contributed by atoms with Gasteiger partial charge in [0.15, 0.2) is 5.13 Å². The smallest absolute Gasteiger partial charge is 0.312 e. The van der Waals surface area contributed by atoms with E-state index in [-0.39, 0.29) is 17.3 Å². The second-order valence-corrected chi connectivity index (χ2v) is 11.3. The number of aromatic nitrogens is 1. The third-order valence-electron chi connectivity index (χ3n) is 7.81. The SMILES string of the molecule is COC(=O)[C@]1(C)CCC[C@]2(C)c3ccc(C(C)C)cc3-c3nc(NCc4ccco4)sc3C12. The molecule has 0 aliphatic heterocycles. The molecule has 3 atom stereocenters. The number of nitrogens with zero attached hydrogens (tertiary/aromatic N) is 1. The normalized spacial score (nSPS) is 25.8. The van der Waals surface area contributed by atoms with Crippen molar-refractivity contribution < 1.29 is 13.9 Å². The number of hydrogen-bond donors (Lipinski definition) is 1. The average Bonchev–Trinajstić information content (AvgIpc) is 3.46. The van der Waals surface area contributed by atoms with Crippen molar-refractivity contribution in [3.8, 4) is 11.3 Å². The van der Waals surface area contributed by atoms with E-state index in [2.05, 4.69) is 51.2 Å². The Balaban J connectivity index is 1.68. The number of carbonyl (C=O) groups is 1. The summed E-state index contributed by atoms with van der Waals surface area (Å²) in [5.41, 5.74) is 4.11. The molecule has 5 rings (SSSR count). The van der Waals surface area contributed by atoms with Crippen LogP contribution in [-0.4, -0.2) is 18.1 Å². The molecule has 0 radical (unpaired) electrons. The minimum atomic E-state index is -0.588. The fourth-order valence-corrected chi connectivity index (χ4v) is 7.50. The molecule has 2 aliphatic rings. The van der Waals surface area contributed by atoms with E-state index in [9.17, 15) is 4.79 Å². The van der Waals surface area contributed by atoms with Crippen LogP contribution in [0.4, 0.5) is 5.13 Å². The lowest BCUT2D eigenvalue weighted by molar-refractivity contribution is -0.157. The van der Waals surface area contributed by atoms with Crippen LogP contribution >= 0.6 is 11.3 Å². The van der Waals surface area contributed by atoms with Crippen LogP contribution in [-0.2, 0) is 21.5 Å². The van der Waals surface area contributed by atoms with Crippen LogP contribution in [0.2, 0.25) is 0 Å². The van der Waals surface area contributed by atoms with Crippen LogP contribution in [0.15, 0.2) is 41.0 Å². The first-order valence-electron chi connectivity index (χ1n) is 11.8. The lowest BCUT2D eigenvalue weighted by Crippen LogP contribution is -2.50. The molecule has 1 saturated carbocycles. The summed E-state index contributed by atoms with van der Waals surface area (Å²) < 4.78 is 10.9. The number of thiazole rings is 1. The minimum Gasteiger partial charge on any atom is -0.469 e. The van der Waals surface area contributed by atoms with Gasteiger partial charge in [-0.3, -0.25) is 4.79 Å². The second kappa shape index (κ2) is 8.01. The van der Waals surface area contributed by atoms with Crippen molar-refractivity contribution >= 4 is 22.4 Å². The van der Waals surface area contributed by atoms with Gasteiger partial charge in [0.2, 0.25) is 0 Å². The number of anilines is 1. The van der Waals surface area contributed by atoms with Crippen LogP contribution in [0, 0.1) is 5.41 Å². The number of carbonyl (C=O) groups excluding carboxylic acids is 1. The Morgan fingerprint density at radius 3 is 2.82 bits per heavy atom. The standard InChI is InChI=1S/C27H32N2O3S/c1-16(2)17-9-10-20-19(14-17)21-22(33-25(29-21)28-15-18-8-6-13-32-18)23-26(20,3)11-7-12-27(23,4)24(30)31-5/h6,8-10,13-14,16,23H,7,11-12,15H2,1-5H3,(H,28,29)/t23?,26-,27-/m1/s1. The zero-order chi connectivity index (χ0) is 23.4. The predicted octanol–water partition coefficient (Wildman–Crippen LogP) is 6.86. The summed E-state index contributed by atoms with van der Waals surface area (Å²) in [6.45, 7) is 9.46. The molecule has 0 saturated heterocycles. The Kier molecular flexibility index (Phi) is 5.39. The molecule has 1 aromatic carbocycles. The van der Waals surface area contributed by atoms with Crippen molar-refractivity contribution in [2.24, 2.45) is 5.41 Å². The number of rotatable bonds is 5. The van der Waals surface area contributed by atoms with Gasteiger partial charge in [0.25, 0.3) is 0 Å². The third-order valence-corrected chi connectivity index (χ3v) is 8.89. The maximum atomic E-state index is 13.2. The van der Waals surface area contributed by atoms with Crippen LogP contribution in [0.5, 0.6) is 0 Å². The monoisotopic (exact) mass is 464 g/mol. The molecule has 0 bridgehead atoms. The Bertz CT molecular complexity index is 1180. The summed E-state index contributed by atoms with van der Waals surface area (Å²) >= 11 is 1.68. The topological polar surface area (TPSA) is 64.4 Å². The van der Waals surface area contributed by atoms with Gasteiger partial charge in [0.1, 0.15) is 5.76 Å². The molecular formula is C27H32N2O3S. The highest BCUT2D eigenvalue weighted by atomic mass is 32.1. The fraction of sp³-hybridized carbons (Fsp3) is 0.481. The molecular weight excluding hydrogens is 432 g/mol. The highest BCUT2D eigenvalue weighted by molar-refractivity contribution is 7.16. The highest BCUT2D eigenvalue weighted by Gasteiger charge is 2.58. The summed E-state index contributed by atoms with van der Waals surface area (Å²) in [5.74, 6) is 1.21. The number of esters is 1. The Morgan fingerprint density at radius 2 is 2.12 bits per heavy atom. The zero-order valence-electron chi connectivity index (χ0n) is 20.0. The molecule has 0 spiro atoms. The second-order valence-electron chi connectivity index (χ2n) is 10.2. The molecule has 174 valence electrons. The van der Waals surface area contributed by atoms with E-state index >= 15 is 0 Å². The number of ether oxygens (including phenoxy) is 1. The number of nitrogens with one attached hydrogen (secondary N) is 1. The molecule has 0 amide bonds. The van der Waals surface area contributed by atoms with Crippen molar-refractivity contribution in [2.45, 2.75) is 70.8 Å². The van der Waals surface area contributed by atoms with Crippen LogP contribution in [0.3, 0.4) is 0 Å². The van der Waals surface area contributed by atoms with Gasteiger partial charge in [-0.05, 0) is 55.0 Å². The highest BCUT2D eigenvalue weighted by Crippen LogP contribution is 2.64. The van der Waals surface area contributed by atoms with Crippen LogP contribution in [0.1, 0.15) is 80.6 Å². The molecule has 1 N–H and O–H groups in total. The van der Waals surface area contributed by atoms with E-state index in [1.165, 1.54) is 28.7 Å².